The zero-order valence-electron chi connectivity index (χ0n) is 10.4. The number of rotatable bonds is 2. The van der Waals surface area contributed by atoms with E-state index in [9.17, 15) is 0 Å². The average molecular weight is 284 g/mol. The Labute approximate surface area is 118 Å². The van der Waals surface area contributed by atoms with E-state index in [0.717, 1.165) is 43.1 Å². The zero-order chi connectivity index (χ0) is 12.4. The molecule has 0 unspecified atom stereocenters. The quantitative estimate of drug-likeness (QED) is 0.830. The van der Waals surface area contributed by atoms with Gasteiger partial charge in [0.2, 0.25) is 0 Å². The molecule has 3 rings (SSSR count). The molecule has 1 atom stereocenters. The molecule has 18 heavy (non-hydrogen) atoms. The van der Waals surface area contributed by atoms with Gasteiger partial charge in [0.1, 0.15) is 5.82 Å². The number of hydrogen-bond acceptors (Lipinski definition) is 4. The highest BCUT2D eigenvalue weighted by molar-refractivity contribution is 7.99. The molecule has 0 N–H and O–H groups in total. The van der Waals surface area contributed by atoms with Crippen LogP contribution in [0.1, 0.15) is 6.42 Å². The fourth-order valence-electron chi connectivity index (χ4n) is 2.72. The Morgan fingerprint density at radius 1 is 1.28 bits per heavy atom. The largest absolute Gasteiger partial charge is 0.353 e. The summed E-state index contributed by atoms with van der Waals surface area (Å²) < 4.78 is 0. The molecule has 0 bridgehead atoms. The van der Waals surface area contributed by atoms with Crippen LogP contribution in [0.5, 0.6) is 0 Å². The highest BCUT2D eigenvalue weighted by Crippen LogP contribution is 2.26. The summed E-state index contributed by atoms with van der Waals surface area (Å²) in [6.07, 6.45) is 3.18. The number of nitrogens with zero attached hydrogens (tertiary/aromatic N) is 3. The summed E-state index contributed by atoms with van der Waals surface area (Å²) in [7, 11) is 0. The van der Waals surface area contributed by atoms with Crippen LogP contribution in [-0.2, 0) is 0 Å². The van der Waals surface area contributed by atoms with Crippen molar-refractivity contribution in [1.82, 2.24) is 9.88 Å². The lowest BCUT2D eigenvalue weighted by Crippen LogP contribution is -2.50. The molecular weight excluding hydrogens is 266 g/mol. The van der Waals surface area contributed by atoms with Gasteiger partial charge in [0.15, 0.2) is 0 Å². The van der Waals surface area contributed by atoms with Gasteiger partial charge in [0.05, 0.1) is 5.02 Å². The fraction of sp³-hybridized carbons (Fsp3) is 0.615. The van der Waals surface area contributed by atoms with Gasteiger partial charge in [-0.15, -0.1) is 0 Å². The average Bonchev–Trinajstić information content (AvgIpc) is 2.94. The number of hydrogen-bond donors (Lipinski definition) is 0. The van der Waals surface area contributed by atoms with E-state index < -0.39 is 0 Å². The second kappa shape index (κ2) is 5.68. The Morgan fingerprint density at radius 3 is 2.78 bits per heavy atom. The van der Waals surface area contributed by atoms with Crippen molar-refractivity contribution in [1.29, 1.82) is 0 Å². The maximum absolute atomic E-state index is 6.20. The first-order chi connectivity index (χ1) is 8.84. The van der Waals surface area contributed by atoms with Gasteiger partial charge < -0.3 is 4.90 Å². The van der Waals surface area contributed by atoms with Crippen molar-refractivity contribution >= 4 is 29.2 Å². The summed E-state index contributed by atoms with van der Waals surface area (Å²) in [6, 6.07) is 4.61. The van der Waals surface area contributed by atoms with E-state index in [4.69, 9.17) is 11.6 Å². The molecule has 3 nitrogen and oxygen atoms in total. The number of thioether (sulfide) groups is 1. The molecule has 0 amide bonds. The summed E-state index contributed by atoms with van der Waals surface area (Å²) in [6.45, 7) is 4.35. The van der Waals surface area contributed by atoms with Crippen molar-refractivity contribution < 1.29 is 0 Å². The van der Waals surface area contributed by atoms with Crippen LogP contribution in [0.2, 0.25) is 5.02 Å². The number of aromatic nitrogens is 1. The minimum Gasteiger partial charge on any atom is -0.353 e. The maximum atomic E-state index is 6.20. The van der Waals surface area contributed by atoms with Crippen LogP contribution in [0, 0.1) is 0 Å². The highest BCUT2D eigenvalue weighted by atomic mass is 35.5. The molecule has 0 aliphatic carbocycles. The Morgan fingerprint density at radius 2 is 2.11 bits per heavy atom. The molecule has 2 saturated heterocycles. The van der Waals surface area contributed by atoms with Crippen LogP contribution in [0.25, 0.3) is 0 Å². The lowest BCUT2D eigenvalue weighted by atomic mass is 10.2. The standard InChI is InChI=1S/C13H18ClN3S/c14-12-2-1-4-15-13(12)17-7-5-16(6-8-17)11-3-9-18-10-11/h1-2,4,11H,3,5-10H2/t11-/m0/s1. The van der Waals surface area contributed by atoms with Crippen LogP contribution in [-0.4, -0.2) is 53.6 Å². The molecule has 3 heterocycles. The van der Waals surface area contributed by atoms with E-state index in [-0.39, 0.29) is 0 Å². The number of halogens is 1. The molecule has 0 aromatic carbocycles. The maximum Gasteiger partial charge on any atom is 0.147 e. The first-order valence-electron chi connectivity index (χ1n) is 6.52. The minimum atomic E-state index is 0.766. The smallest absolute Gasteiger partial charge is 0.147 e. The predicted octanol–water partition coefficient (Wildman–Crippen LogP) is 2.36. The van der Waals surface area contributed by atoms with E-state index in [1.54, 1.807) is 0 Å². The second-order valence-electron chi connectivity index (χ2n) is 4.85. The van der Waals surface area contributed by atoms with Crippen LogP contribution < -0.4 is 4.90 Å². The van der Waals surface area contributed by atoms with Gasteiger partial charge in [-0.2, -0.15) is 11.8 Å². The zero-order valence-corrected chi connectivity index (χ0v) is 12.0. The Hall–Kier alpha value is -0.450. The van der Waals surface area contributed by atoms with Gasteiger partial charge in [-0.25, -0.2) is 4.98 Å². The van der Waals surface area contributed by atoms with Crippen LogP contribution in [0.3, 0.4) is 0 Å². The number of anilines is 1. The second-order valence-corrected chi connectivity index (χ2v) is 6.41. The van der Waals surface area contributed by atoms with E-state index in [1.165, 1.54) is 17.9 Å². The van der Waals surface area contributed by atoms with E-state index >= 15 is 0 Å². The van der Waals surface area contributed by atoms with Gasteiger partial charge in [-0.1, -0.05) is 11.6 Å². The van der Waals surface area contributed by atoms with Crippen molar-refractivity contribution in [3.8, 4) is 0 Å². The minimum absolute atomic E-state index is 0.766. The van der Waals surface area contributed by atoms with Gasteiger partial charge in [0.25, 0.3) is 0 Å². The molecule has 0 saturated carbocycles. The van der Waals surface area contributed by atoms with Crippen LogP contribution >= 0.6 is 23.4 Å². The Balaban J connectivity index is 1.61. The highest BCUT2D eigenvalue weighted by Gasteiger charge is 2.27. The Bertz CT molecular complexity index is 401. The van der Waals surface area contributed by atoms with Crippen molar-refractivity contribution in [2.45, 2.75) is 12.5 Å². The lowest BCUT2D eigenvalue weighted by molar-refractivity contribution is 0.200. The van der Waals surface area contributed by atoms with Crippen molar-refractivity contribution in [3.63, 3.8) is 0 Å². The van der Waals surface area contributed by atoms with Crippen molar-refractivity contribution in [2.75, 3.05) is 42.6 Å². The summed E-state index contributed by atoms with van der Waals surface area (Å²) in [4.78, 5) is 9.33. The van der Waals surface area contributed by atoms with Crippen molar-refractivity contribution in [3.05, 3.63) is 23.4 Å². The van der Waals surface area contributed by atoms with Gasteiger partial charge >= 0.3 is 0 Å². The number of pyridine rings is 1. The summed E-state index contributed by atoms with van der Waals surface area (Å²) in [5, 5.41) is 0.766. The van der Waals surface area contributed by atoms with Gasteiger partial charge in [0, 0.05) is 44.2 Å². The van der Waals surface area contributed by atoms with Crippen molar-refractivity contribution in [2.24, 2.45) is 0 Å². The Kier molecular flexibility index (Phi) is 3.97. The third-order valence-electron chi connectivity index (χ3n) is 3.77. The SMILES string of the molecule is Clc1cccnc1N1CCN([C@H]2CCSC2)CC1. The first kappa shape index (κ1) is 12.6. The fourth-order valence-corrected chi connectivity index (χ4v) is 4.22. The molecular formula is C13H18ClN3S. The first-order valence-corrected chi connectivity index (χ1v) is 8.05. The predicted molar refractivity (Wildman–Crippen MR) is 78.8 cm³/mol. The molecule has 1 aromatic heterocycles. The van der Waals surface area contributed by atoms with Gasteiger partial charge in [-0.05, 0) is 24.3 Å². The molecule has 2 aliphatic heterocycles. The molecule has 1 aromatic rings. The monoisotopic (exact) mass is 283 g/mol. The van der Waals surface area contributed by atoms with Crippen LogP contribution in [0.4, 0.5) is 5.82 Å². The molecule has 98 valence electrons. The van der Waals surface area contributed by atoms with E-state index in [0.29, 0.717) is 0 Å². The third kappa shape index (κ3) is 2.60. The molecule has 0 radical (unpaired) electrons. The van der Waals surface area contributed by atoms with Crippen LogP contribution in [0.15, 0.2) is 18.3 Å². The summed E-state index contributed by atoms with van der Waals surface area (Å²) >= 11 is 8.29. The van der Waals surface area contributed by atoms with Gasteiger partial charge in [-0.3, -0.25) is 4.90 Å². The van der Waals surface area contributed by atoms with E-state index in [1.807, 2.05) is 18.3 Å². The summed E-state index contributed by atoms with van der Waals surface area (Å²) in [5.74, 6) is 3.58. The third-order valence-corrected chi connectivity index (χ3v) is 5.21. The molecule has 2 aliphatic rings. The number of piperazine rings is 1. The molecule has 2 fully saturated rings. The lowest BCUT2D eigenvalue weighted by Gasteiger charge is -2.38. The normalized spacial score (nSPS) is 25.6. The molecule has 0 spiro atoms. The summed E-state index contributed by atoms with van der Waals surface area (Å²) in [5.41, 5.74) is 0. The van der Waals surface area contributed by atoms with E-state index in [2.05, 4.69) is 26.5 Å². The topological polar surface area (TPSA) is 19.4 Å². The molecule has 5 heteroatoms.